The van der Waals surface area contributed by atoms with E-state index in [1.807, 2.05) is 6.92 Å². The van der Waals surface area contributed by atoms with Gasteiger partial charge >= 0.3 is 0 Å². The molecule has 0 saturated heterocycles. The van der Waals surface area contributed by atoms with E-state index in [1.54, 1.807) is 6.20 Å². The first-order valence-electron chi connectivity index (χ1n) is 5.47. The van der Waals surface area contributed by atoms with Crippen LogP contribution in [0.15, 0.2) is 6.20 Å². The van der Waals surface area contributed by atoms with E-state index in [0.717, 1.165) is 12.0 Å². The third kappa shape index (κ3) is 5.09. The number of aryl methyl sites for hydroxylation is 1. The smallest absolute Gasteiger partial charge is 0.257 e. The number of aromatic nitrogens is 2. The van der Waals surface area contributed by atoms with E-state index in [-0.39, 0.29) is 6.54 Å². The van der Waals surface area contributed by atoms with Gasteiger partial charge in [-0.15, -0.1) is 5.10 Å². The molecule has 1 aromatic rings. The number of hydrogen-bond donors (Lipinski definition) is 0. The van der Waals surface area contributed by atoms with Crippen molar-refractivity contribution in [2.75, 3.05) is 7.11 Å². The summed E-state index contributed by atoms with van der Waals surface area (Å²) < 4.78 is 30.1. The first-order chi connectivity index (χ1) is 7.58. The molecule has 1 rings (SSSR count). The van der Waals surface area contributed by atoms with Crippen LogP contribution in [0.1, 0.15) is 32.8 Å². The number of hydrogen-bond acceptors (Lipinski definition) is 2. The Hall–Kier alpha value is -1.13. The average molecular weight is 234 g/mol. The van der Waals surface area contributed by atoms with E-state index >= 15 is 0 Å². The Morgan fingerprint density at radius 2 is 1.94 bits per heavy atom. The Bertz CT molecular complexity index is 266. The summed E-state index contributed by atoms with van der Waals surface area (Å²) in [5, 5.41) is 3.85. The van der Waals surface area contributed by atoms with Crippen molar-refractivity contribution in [3.8, 4) is 5.88 Å². The predicted octanol–water partition coefficient (Wildman–Crippen LogP) is 3.14. The second kappa shape index (κ2) is 8.07. The Balaban J connectivity index is 0.000000673. The zero-order valence-corrected chi connectivity index (χ0v) is 10.3. The minimum atomic E-state index is -2.38. The first kappa shape index (κ1) is 14.9. The maximum Gasteiger partial charge on any atom is 0.257 e. The van der Waals surface area contributed by atoms with Gasteiger partial charge in [-0.2, -0.15) is 0 Å². The summed E-state index contributed by atoms with van der Waals surface area (Å²) in [7, 11) is 1.48. The van der Waals surface area contributed by atoms with Gasteiger partial charge in [0.2, 0.25) is 5.88 Å². The van der Waals surface area contributed by atoms with Crippen LogP contribution in [0.3, 0.4) is 0 Å². The van der Waals surface area contributed by atoms with Crippen LogP contribution in [0.2, 0.25) is 0 Å². The van der Waals surface area contributed by atoms with Gasteiger partial charge < -0.3 is 4.74 Å². The SMILES string of the molecule is CCC.CCc1cn(CC(F)F)nc1OC. The maximum atomic E-state index is 12.0. The van der Waals surface area contributed by atoms with Crippen molar-refractivity contribution in [3.63, 3.8) is 0 Å². The molecule has 0 fully saturated rings. The van der Waals surface area contributed by atoms with Crippen LogP contribution in [0.25, 0.3) is 0 Å². The Kier molecular flexibility index (Phi) is 7.50. The fraction of sp³-hybridized carbons (Fsp3) is 0.727. The van der Waals surface area contributed by atoms with E-state index in [2.05, 4.69) is 18.9 Å². The summed E-state index contributed by atoms with van der Waals surface area (Å²) in [5.74, 6) is 0.433. The third-order valence-corrected chi connectivity index (χ3v) is 1.70. The van der Waals surface area contributed by atoms with Crippen molar-refractivity contribution in [1.82, 2.24) is 9.78 Å². The normalized spacial score (nSPS) is 9.94. The van der Waals surface area contributed by atoms with Crippen LogP contribution in [0, 0.1) is 0 Å². The zero-order chi connectivity index (χ0) is 12.6. The molecule has 5 heteroatoms. The molecule has 1 heterocycles. The maximum absolute atomic E-state index is 12.0. The lowest BCUT2D eigenvalue weighted by molar-refractivity contribution is 0.121. The highest BCUT2D eigenvalue weighted by molar-refractivity contribution is 5.22. The second-order valence-electron chi connectivity index (χ2n) is 3.34. The number of methoxy groups -OCH3 is 1. The van der Waals surface area contributed by atoms with Crippen LogP contribution < -0.4 is 4.74 Å². The van der Waals surface area contributed by atoms with Gasteiger partial charge in [0.1, 0.15) is 6.54 Å². The number of nitrogens with zero attached hydrogens (tertiary/aromatic N) is 2. The zero-order valence-electron chi connectivity index (χ0n) is 10.3. The minimum Gasteiger partial charge on any atom is -0.480 e. The second-order valence-corrected chi connectivity index (χ2v) is 3.34. The molecule has 0 unspecified atom stereocenters. The van der Waals surface area contributed by atoms with Gasteiger partial charge in [0, 0.05) is 11.8 Å². The fourth-order valence-electron chi connectivity index (χ4n) is 1.09. The summed E-state index contributed by atoms with van der Waals surface area (Å²) in [6.07, 6.45) is 1.19. The largest absolute Gasteiger partial charge is 0.480 e. The number of rotatable bonds is 4. The van der Waals surface area contributed by atoms with Gasteiger partial charge in [-0.1, -0.05) is 27.2 Å². The molecule has 0 aliphatic heterocycles. The molecule has 0 saturated carbocycles. The Labute approximate surface area is 95.4 Å². The lowest BCUT2D eigenvalue weighted by Gasteiger charge is -1.97. The van der Waals surface area contributed by atoms with Crippen LogP contribution in [-0.4, -0.2) is 23.3 Å². The van der Waals surface area contributed by atoms with Gasteiger partial charge in [0.25, 0.3) is 6.43 Å². The number of ether oxygens (including phenoxy) is 1. The lowest BCUT2D eigenvalue weighted by Crippen LogP contribution is -2.06. The van der Waals surface area contributed by atoms with Crippen molar-refractivity contribution in [3.05, 3.63) is 11.8 Å². The van der Waals surface area contributed by atoms with E-state index in [0.29, 0.717) is 5.88 Å². The molecule has 0 amide bonds. The molecule has 0 bridgehead atoms. The highest BCUT2D eigenvalue weighted by Gasteiger charge is 2.10. The van der Waals surface area contributed by atoms with Gasteiger partial charge in [0.05, 0.1) is 7.11 Å². The summed E-state index contributed by atoms with van der Waals surface area (Å²) in [4.78, 5) is 0. The molecule has 0 aliphatic rings. The summed E-state index contributed by atoms with van der Waals surface area (Å²) >= 11 is 0. The highest BCUT2D eigenvalue weighted by atomic mass is 19.3. The quantitative estimate of drug-likeness (QED) is 0.800. The molecular formula is C11H20F2N2O. The molecule has 0 aliphatic carbocycles. The van der Waals surface area contributed by atoms with Gasteiger partial charge in [-0.25, -0.2) is 8.78 Å². The number of halogens is 2. The molecule has 94 valence electrons. The van der Waals surface area contributed by atoms with Crippen molar-refractivity contribution in [2.24, 2.45) is 0 Å². The molecule has 0 radical (unpaired) electrons. The molecule has 0 atom stereocenters. The Morgan fingerprint density at radius 3 is 2.25 bits per heavy atom. The summed E-state index contributed by atoms with van der Waals surface area (Å²) in [5.41, 5.74) is 0.850. The average Bonchev–Trinajstić information content (AvgIpc) is 2.60. The topological polar surface area (TPSA) is 27.1 Å². The third-order valence-electron chi connectivity index (χ3n) is 1.70. The standard InChI is InChI=1S/C8H12F2N2O.C3H8/c1-3-6-4-12(5-7(9)10)11-8(6)13-2;1-3-2/h4,7H,3,5H2,1-2H3;3H2,1-2H3. The van der Waals surface area contributed by atoms with Crippen LogP contribution in [0.4, 0.5) is 8.78 Å². The Morgan fingerprint density at radius 1 is 1.38 bits per heavy atom. The van der Waals surface area contributed by atoms with Crippen molar-refractivity contribution in [2.45, 2.75) is 46.6 Å². The molecule has 1 aromatic heterocycles. The van der Waals surface area contributed by atoms with Crippen LogP contribution in [-0.2, 0) is 13.0 Å². The van der Waals surface area contributed by atoms with Gasteiger partial charge in [0.15, 0.2) is 0 Å². The molecule has 3 nitrogen and oxygen atoms in total. The van der Waals surface area contributed by atoms with Crippen molar-refractivity contribution < 1.29 is 13.5 Å². The monoisotopic (exact) mass is 234 g/mol. The predicted molar refractivity (Wildman–Crippen MR) is 60.1 cm³/mol. The number of alkyl halides is 2. The van der Waals surface area contributed by atoms with Gasteiger partial charge in [-0.3, -0.25) is 4.68 Å². The van der Waals surface area contributed by atoms with Gasteiger partial charge in [-0.05, 0) is 6.42 Å². The molecule has 0 spiro atoms. The minimum absolute atomic E-state index is 0.379. The van der Waals surface area contributed by atoms with Crippen LogP contribution >= 0.6 is 0 Å². The molecular weight excluding hydrogens is 214 g/mol. The lowest BCUT2D eigenvalue weighted by atomic mass is 10.3. The molecule has 0 N–H and O–H groups in total. The van der Waals surface area contributed by atoms with E-state index in [9.17, 15) is 8.78 Å². The van der Waals surface area contributed by atoms with Crippen LogP contribution in [0.5, 0.6) is 5.88 Å². The molecule has 0 aromatic carbocycles. The highest BCUT2D eigenvalue weighted by Crippen LogP contribution is 2.16. The molecule has 16 heavy (non-hydrogen) atoms. The van der Waals surface area contributed by atoms with E-state index in [1.165, 1.54) is 18.2 Å². The van der Waals surface area contributed by atoms with Crippen molar-refractivity contribution in [1.29, 1.82) is 0 Å². The summed E-state index contributed by atoms with van der Waals surface area (Å²) in [6.45, 7) is 5.79. The van der Waals surface area contributed by atoms with E-state index < -0.39 is 6.43 Å². The first-order valence-corrected chi connectivity index (χ1v) is 5.47. The fourth-order valence-corrected chi connectivity index (χ4v) is 1.09. The van der Waals surface area contributed by atoms with Crippen molar-refractivity contribution >= 4 is 0 Å². The van der Waals surface area contributed by atoms with E-state index in [4.69, 9.17) is 4.74 Å². The summed E-state index contributed by atoms with van der Waals surface area (Å²) in [6, 6.07) is 0.